The van der Waals surface area contributed by atoms with Gasteiger partial charge in [0.15, 0.2) is 11.6 Å². The number of fused-ring (bicyclic) bond motifs is 1. The third-order valence-electron chi connectivity index (χ3n) is 4.07. The van der Waals surface area contributed by atoms with Gasteiger partial charge in [-0.3, -0.25) is 9.89 Å². The zero-order valence-electron chi connectivity index (χ0n) is 14.4. The molecule has 27 heavy (non-hydrogen) atoms. The van der Waals surface area contributed by atoms with Gasteiger partial charge in [-0.05, 0) is 29.8 Å². The zero-order chi connectivity index (χ0) is 18.8. The van der Waals surface area contributed by atoms with E-state index in [1.165, 1.54) is 0 Å². The Kier molecular flexibility index (Phi) is 4.52. The average molecular weight is 382 g/mol. The summed E-state index contributed by atoms with van der Waals surface area (Å²) < 4.78 is 5.11. The summed E-state index contributed by atoms with van der Waals surface area (Å²) >= 11 is 6.09. The van der Waals surface area contributed by atoms with Gasteiger partial charge in [0.2, 0.25) is 5.91 Å². The van der Waals surface area contributed by atoms with Crippen LogP contribution in [0, 0.1) is 0 Å². The van der Waals surface area contributed by atoms with Crippen LogP contribution in [-0.2, 0) is 11.2 Å². The highest BCUT2D eigenvalue weighted by molar-refractivity contribution is 6.32. The normalized spacial score (nSPS) is 10.9. The van der Waals surface area contributed by atoms with Gasteiger partial charge in [0.1, 0.15) is 11.4 Å². The monoisotopic (exact) mass is 381 g/mol. The van der Waals surface area contributed by atoms with Crippen LogP contribution in [0.4, 0.5) is 5.82 Å². The Hall–Kier alpha value is -3.32. The SMILES string of the molecule is COc1ccc(CC(=O)Nc2cc(-c3nc4ccccc4[nH]3)[nH]n2)cc1Cl. The molecule has 0 saturated heterocycles. The molecule has 0 aliphatic heterocycles. The van der Waals surface area contributed by atoms with Crippen LogP contribution in [-0.4, -0.2) is 33.2 Å². The molecule has 0 aliphatic rings. The van der Waals surface area contributed by atoms with E-state index in [1.54, 1.807) is 31.4 Å². The lowest BCUT2D eigenvalue weighted by molar-refractivity contribution is -0.115. The van der Waals surface area contributed by atoms with Crippen LogP contribution in [0.2, 0.25) is 5.02 Å². The van der Waals surface area contributed by atoms with Crippen LogP contribution in [0.3, 0.4) is 0 Å². The minimum atomic E-state index is -0.195. The van der Waals surface area contributed by atoms with Gasteiger partial charge in [-0.15, -0.1) is 0 Å². The van der Waals surface area contributed by atoms with Gasteiger partial charge in [0.05, 0.1) is 29.6 Å². The second-order valence-electron chi connectivity index (χ2n) is 5.96. The number of hydrogen-bond acceptors (Lipinski definition) is 4. The van der Waals surface area contributed by atoms with Crippen molar-refractivity contribution in [1.82, 2.24) is 20.2 Å². The predicted molar refractivity (Wildman–Crippen MR) is 104 cm³/mol. The molecule has 0 bridgehead atoms. The van der Waals surface area contributed by atoms with Gasteiger partial charge in [-0.25, -0.2) is 4.98 Å². The average Bonchev–Trinajstić information content (AvgIpc) is 3.28. The molecule has 8 heteroatoms. The smallest absolute Gasteiger partial charge is 0.229 e. The number of carbonyl (C=O) groups is 1. The number of anilines is 1. The highest BCUT2D eigenvalue weighted by Crippen LogP contribution is 2.25. The molecule has 0 spiro atoms. The van der Waals surface area contributed by atoms with Crippen molar-refractivity contribution >= 4 is 34.4 Å². The molecule has 0 radical (unpaired) electrons. The van der Waals surface area contributed by atoms with Crippen molar-refractivity contribution in [2.24, 2.45) is 0 Å². The Bertz CT molecular complexity index is 1090. The van der Waals surface area contributed by atoms with Crippen LogP contribution >= 0.6 is 11.6 Å². The quantitative estimate of drug-likeness (QED) is 0.490. The molecule has 2 aromatic carbocycles. The molecule has 4 rings (SSSR count). The van der Waals surface area contributed by atoms with Crippen LogP contribution in [0.5, 0.6) is 5.75 Å². The van der Waals surface area contributed by atoms with E-state index in [2.05, 4.69) is 25.5 Å². The van der Waals surface area contributed by atoms with Crippen LogP contribution in [0.25, 0.3) is 22.6 Å². The molecule has 0 aliphatic carbocycles. The van der Waals surface area contributed by atoms with Gasteiger partial charge < -0.3 is 15.0 Å². The number of halogens is 1. The number of nitrogens with one attached hydrogen (secondary N) is 3. The van der Waals surface area contributed by atoms with Gasteiger partial charge in [-0.2, -0.15) is 5.10 Å². The molecule has 0 unspecified atom stereocenters. The highest BCUT2D eigenvalue weighted by Gasteiger charge is 2.12. The summed E-state index contributed by atoms with van der Waals surface area (Å²) in [7, 11) is 1.55. The van der Waals surface area contributed by atoms with E-state index in [-0.39, 0.29) is 12.3 Å². The maximum atomic E-state index is 12.3. The fourth-order valence-electron chi connectivity index (χ4n) is 2.78. The van der Waals surface area contributed by atoms with Crippen LogP contribution in [0.15, 0.2) is 48.5 Å². The van der Waals surface area contributed by atoms with Crippen molar-refractivity contribution in [2.45, 2.75) is 6.42 Å². The zero-order valence-corrected chi connectivity index (χ0v) is 15.2. The Balaban J connectivity index is 1.45. The molecule has 136 valence electrons. The maximum Gasteiger partial charge on any atom is 0.229 e. The summed E-state index contributed by atoms with van der Waals surface area (Å²) in [5.41, 5.74) is 3.27. The van der Waals surface area contributed by atoms with Gasteiger partial charge in [0.25, 0.3) is 0 Å². The first-order chi connectivity index (χ1) is 13.1. The summed E-state index contributed by atoms with van der Waals surface area (Å²) in [4.78, 5) is 20.0. The van der Waals surface area contributed by atoms with Crippen LogP contribution < -0.4 is 10.1 Å². The van der Waals surface area contributed by atoms with E-state index in [9.17, 15) is 4.79 Å². The van der Waals surface area contributed by atoms with E-state index in [0.717, 1.165) is 16.6 Å². The van der Waals surface area contributed by atoms with E-state index >= 15 is 0 Å². The Morgan fingerprint density at radius 2 is 2.07 bits per heavy atom. The first-order valence-corrected chi connectivity index (χ1v) is 8.63. The van der Waals surface area contributed by atoms with E-state index < -0.39 is 0 Å². The molecule has 1 amide bonds. The Labute approximate surface area is 159 Å². The molecular formula is C19H16ClN5O2. The molecule has 7 nitrogen and oxygen atoms in total. The Morgan fingerprint density at radius 1 is 1.22 bits per heavy atom. The Morgan fingerprint density at radius 3 is 2.85 bits per heavy atom. The molecule has 3 N–H and O–H groups in total. The number of amides is 1. The fraction of sp³-hybridized carbons (Fsp3) is 0.105. The number of aromatic amines is 2. The number of methoxy groups -OCH3 is 1. The third kappa shape index (κ3) is 3.63. The second kappa shape index (κ2) is 7.13. The number of imidazole rings is 1. The lowest BCUT2D eigenvalue weighted by Gasteiger charge is -2.06. The standard InChI is InChI=1S/C19H16ClN5O2/c1-27-16-7-6-11(8-12(16)20)9-18(26)23-17-10-15(24-25-17)19-21-13-4-2-3-5-14(13)22-19/h2-8,10H,9H2,1H3,(H,21,22)(H2,23,24,25,26). The number of nitrogens with zero attached hydrogens (tertiary/aromatic N) is 2. The second-order valence-corrected chi connectivity index (χ2v) is 6.37. The van der Waals surface area contributed by atoms with Crippen molar-refractivity contribution in [2.75, 3.05) is 12.4 Å². The topological polar surface area (TPSA) is 95.7 Å². The first-order valence-electron chi connectivity index (χ1n) is 8.25. The molecule has 0 saturated carbocycles. The van der Waals surface area contributed by atoms with Crippen molar-refractivity contribution in [3.05, 3.63) is 59.1 Å². The number of benzene rings is 2. The maximum absolute atomic E-state index is 12.3. The van der Waals surface area contributed by atoms with Crippen molar-refractivity contribution in [1.29, 1.82) is 0 Å². The largest absolute Gasteiger partial charge is 0.495 e. The summed E-state index contributed by atoms with van der Waals surface area (Å²) in [6.07, 6.45) is 0.177. The number of aromatic nitrogens is 4. The lowest BCUT2D eigenvalue weighted by atomic mass is 10.1. The third-order valence-corrected chi connectivity index (χ3v) is 4.37. The van der Waals surface area contributed by atoms with Crippen LogP contribution in [0.1, 0.15) is 5.56 Å². The van der Waals surface area contributed by atoms with E-state index in [0.29, 0.717) is 28.1 Å². The number of para-hydroxylation sites is 2. The summed E-state index contributed by atoms with van der Waals surface area (Å²) in [6, 6.07) is 14.7. The molecule has 2 heterocycles. The van der Waals surface area contributed by atoms with Gasteiger partial charge in [0, 0.05) is 6.07 Å². The number of ether oxygens (including phenoxy) is 1. The minimum Gasteiger partial charge on any atom is -0.495 e. The lowest BCUT2D eigenvalue weighted by Crippen LogP contribution is -2.14. The van der Waals surface area contributed by atoms with Gasteiger partial charge in [-0.1, -0.05) is 29.8 Å². The molecule has 4 aromatic rings. The minimum absolute atomic E-state index is 0.177. The fourth-order valence-corrected chi connectivity index (χ4v) is 3.06. The molecule has 2 aromatic heterocycles. The summed E-state index contributed by atoms with van der Waals surface area (Å²) in [5, 5.41) is 10.2. The van der Waals surface area contributed by atoms with Gasteiger partial charge >= 0.3 is 0 Å². The number of carbonyl (C=O) groups excluding carboxylic acids is 1. The number of H-pyrrole nitrogens is 2. The summed E-state index contributed by atoms with van der Waals surface area (Å²) in [6.45, 7) is 0. The van der Waals surface area contributed by atoms with E-state index in [4.69, 9.17) is 16.3 Å². The molecule has 0 fully saturated rings. The molecule has 0 atom stereocenters. The van der Waals surface area contributed by atoms with Crippen molar-refractivity contribution in [3.8, 4) is 17.3 Å². The first kappa shape index (κ1) is 17.1. The molecular weight excluding hydrogens is 366 g/mol. The van der Waals surface area contributed by atoms with E-state index in [1.807, 2.05) is 24.3 Å². The van der Waals surface area contributed by atoms with Crippen molar-refractivity contribution in [3.63, 3.8) is 0 Å². The number of rotatable bonds is 5. The summed E-state index contributed by atoms with van der Waals surface area (Å²) in [5.74, 6) is 1.46. The highest BCUT2D eigenvalue weighted by atomic mass is 35.5. The predicted octanol–water partition coefficient (Wildman–Crippen LogP) is 3.80. The van der Waals surface area contributed by atoms with Crippen molar-refractivity contribution < 1.29 is 9.53 Å². The number of hydrogen-bond donors (Lipinski definition) is 3.